The molecule has 2 rings (SSSR count). The number of halogens is 2. The molecule has 0 aliphatic heterocycles. The van der Waals surface area contributed by atoms with Gasteiger partial charge in [-0.15, -0.1) is 0 Å². The first-order valence-corrected chi connectivity index (χ1v) is 8.02. The largest absolute Gasteiger partial charge is 0.324 e. The monoisotopic (exact) mass is 353 g/mol. The molecule has 0 saturated heterocycles. The summed E-state index contributed by atoms with van der Waals surface area (Å²) in [5.74, 6) is -0.239. The first-order valence-electron chi connectivity index (χ1n) is 7.23. The molecule has 0 aliphatic carbocycles. The average Bonchev–Trinajstić information content (AvgIpc) is 2.75. The Bertz CT molecular complexity index is 637. The van der Waals surface area contributed by atoms with Gasteiger partial charge >= 0.3 is 0 Å². The quantitative estimate of drug-likeness (QED) is 0.885. The number of nitrogens with zero attached hydrogens (tertiary/aromatic N) is 2. The lowest BCUT2D eigenvalue weighted by atomic mass is 10.0. The van der Waals surface area contributed by atoms with Crippen LogP contribution >= 0.6 is 15.9 Å². The Morgan fingerprint density at radius 1 is 1.38 bits per heavy atom. The molecule has 5 heteroatoms. The van der Waals surface area contributed by atoms with Crippen LogP contribution in [0.25, 0.3) is 0 Å². The molecule has 1 aromatic carbocycles. The zero-order chi connectivity index (χ0) is 15.6. The number of nitrogens with two attached hydrogens (primary N) is 1. The summed E-state index contributed by atoms with van der Waals surface area (Å²) < 4.78 is 17.0. The van der Waals surface area contributed by atoms with E-state index in [9.17, 15) is 4.39 Å². The number of aromatic nitrogens is 2. The molecule has 0 bridgehead atoms. The molecule has 2 aromatic rings. The Labute approximate surface area is 133 Å². The molecule has 3 nitrogen and oxygen atoms in total. The van der Waals surface area contributed by atoms with E-state index in [2.05, 4.69) is 28.0 Å². The summed E-state index contributed by atoms with van der Waals surface area (Å²) in [6.07, 6.45) is 1.41. The first-order chi connectivity index (χ1) is 9.97. The van der Waals surface area contributed by atoms with E-state index in [1.54, 1.807) is 6.07 Å². The maximum absolute atomic E-state index is 14.0. The zero-order valence-electron chi connectivity index (χ0n) is 12.7. The van der Waals surface area contributed by atoms with Crippen LogP contribution in [0.3, 0.4) is 0 Å². The molecule has 1 unspecified atom stereocenters. The lowest BCUT2D eigenvalue weighted by Gasteiger charge is -2.15. The number of rotatable bonds is 5. The van der Waals surface area contributed by atoms with Gasteiger partial charge in [-0.25, -0.2) is 4.39 Å². The summed E-state index contributed by atoms with van der Waals surface area (Å²) in [7, 11) is 0. The van der Waals surface area contributed by atoms with Gasteiger partial charge in [0, 0.05) is 24.6 Å². The number of aryl methyl sites for hydroxylation is 3. The van der Waals surface area contributed by atoms with Crippen molar-refractivity contribution in [2.45, 2.75) is 46.2 Å². The third-order valence-corrected chi connectivity index (χ3v) is 4.58. The van der Waals surface area contributed by atoms with E-state index in [1.807, 2.05) is 24.6 Å². The van der Waals surface area contributed by atoms with Crippen molar-refractivity contribution in [3.63, 3.8) is 0 Å². The minimum Gasteiger partial charge on any atom is -0.324 e. The van der Waals surface area contributed by atoms with E-state index < -0.39 is 0 Å². The molecule has 21 heavy (non-hydrogen) atoms. The van der Waals surface area contributed by atoms with Gasteiger partial charge in [0.15, 0.2) is 0 Å². The highest BCUT2D eigenvalue weighted by Crippen LogP contribution is 2.27. The van der Waals surface area contributed by atoms with Crippen LogP contribution < -0.4 is 5.73 Å². The number of hydrogen-bond donors (Lipinski definition) is 1. The van der Waals surface area contributed by atoms with Crippen molar-refractivity contribution in [3.05, 3.63) is 51.0 Å². The van der Waals surface area contributed by atoms with Gasteiger partial charge in [-0.1, -0.05) is 19.1 Å². The minimum absolute atomic E-state index is 0.239. The second-order valence-electron chi connectivity index (χ2n) is 5.21. The molecule has 2 N–H and O–H groups in total. The summed E-state index contributed by atoms with van der Waals surface area (Å²) in [6, 6.07) is 4.81. The summed E-state index contributed by atoms with van der Waals surface area (Å²) in [4.78, 5) is 0. The molecular weight excluding hydrogens is 333 g/mol. The van der Waals surface area contributed by atoms with Crippen LogP contribution in [0, 0.1) is 12.7 Å². The van der Waals surface area contributed by atoms with Crippen molar-refractivity contribution in [3.8, 4) is 0 Å². The molecule has 0 saturated carbocycles. The molecule has 1 heterocycles. The van der Waals surface area contributed by atoms with Gasteiger partial charge in [-0.05, 0) is 47.8 Å². The normalized spacial score (nSPS) is 12.7. The Hall–Kier alpha value is -1.20. The van der Waals surface area contributed by atoms with Crippen LogP contribution in [0.1, 0.15) is 42.4 Å². The third-order valence-electron chi connectivity index (χ3n) is 3.66. The third kappa shape index (κ3) is 3.35. The highest BCUT2D eigenvalue weighted by Gasteiger charge is 2.19. The Morgan fingerprint density at radius 3 is 2.67 bits per heavy atom. The van der Waals surface area contributed by atoms with Crippen molar-refractivity contribution in [2.75, 3.05) is 0 Å². The minimum atomic E-state index is -0.381. The Kier molecular flexibility index (Phi) is 5.17. The average molecular weight is 354 g/mol. The highest BCUT2D eigenvalue weighted by molar-refractivity contribution is 9.10. The first kappa shape index (κ1) is 16.2. The van der Waals surface area contributed by atoms with Crippen molar-refractivity contribution in [1.29, 1.82) is 0 Å². The SMILES string of the molecule is CCc1nn(CC)c(CC(N)c2ccc(C)cc2F)c1Br. The summed E-state index contributed by atoms with van der Waals surface area (Å²) in [5.41, 5.74) is 9.72. The Morgan fingerprint density at radius 2 is 2.10 bits per heavy atom. The molecule has 1 atom stereocenters. The van der Waals surface area contributed by atoms with Gasteiger partial charge in [0.2, 0.25) is 0 Å². The van der Waals surface area contributed by atoms with Crippen LogP contribution in [-0.2, 0) is 19.4 Å². The van der Waals surface area contributed by atoms with Crippen LogP contribution in [0.2, 0.25) is 0 Å². The van der Waals surface area contributed by atoms with Gasteiger partial charge in [0.05, 0.1) is 15.9 Å². The standard InChI is InChI=1S/C16H21BrFN3/c1-4-14-16(17)15(21(5-2)20-14)9-13(19)11-7-6-10(3)8-12(11)18/h6-8,13H,4-5,9,19H2,1-3H3. The van der Waals surface area contributed by atoms with E-state index in [4.69, 9.17) is 5.73 Å². The topological polar surface area (TPSA) is 43.8 Å². The predicted octanol–water partition coefficient (Wildman–Crippen LogP) is 3.92. The zero-order valence-corrected chi connectivity index (χ0v) is 14.2. The lowest BCUT2D eigenvalue weighted by molar-refractivity contribution is 0.553. The molecule has 0 radical (unpaired) electrons. The Balaban J connectivity index is 2.31. The lowest BCUT2D eigenvalue weighted by Crippen LogP contribution is -2.17. The maximum Gasteiger partial charge on any atom is 0.128 e. The van der Waals surface area contributed by atoms with E-state index in [0.717, 1.165) is 34.4 Å². The van der Waals surface area contributed by atoms with Gasteiger partial charge in [0.1, 0.15) is 5.82 Å². The fourth-order valence-corrected chi connectivity index (χ4v) is 3.19. The second-order valence-corrected chi connectivity index (χ2v) is 6.01. The van der Waals surface area contributed by atoms with Crippen LogP contribution in [0.5, 0.6) is 0 Å². The van der Waals surface area contributed by atoms with Crippen molar-refractivity contribution in [1.82, 2.24) is 9.78 Å². The van der Waals surface area contributed by atoms with Crippen LogP contribution in [0.15, 0.2) is 22.7 Å². The maximum atomic E-state index is 14.0. The fraction of sp³-hybridized carbons (Fsp3) is 0.438. The van der Waals surface area contributed by atoms with Gasteiger partial charge in [-0.2, -0.15) is 5.10 Å². The predicted molar refractivity (Wildman–Crippen MR) is 86.7 cm³/mol. The number of hydrogen-bond acceptors (Lipinski definition) is 2. The van der Waals surface area contributed by atoms with E-state index in [-0.39, 0.29) is 11.9 Å². The molecule has 114 valence electrons. The van der Waals surface area contributed by atoms with E-state index in [0.29, 0.717) is 12.0 Å². The van der Waals surface area contributed by atoms with Gasteiger partial charge in [-0.3, -0.25) is 4.68 Å². The summed E-state index contributed by atoms with van der Waals surface area (Å²) in [6.45, 7) is 6.75. The molecule has 0 fully saturated rings. The van der Waals surface area contributed by atoms with Crippen molar-refractivity contribution >= 4 is 15.9 Å². The van der Waals surface area contributed by atoms with Crippen LogP contribution in [-0.4, -0.2) is 9.78 Å². The van der Waals surface area contributed by atoms with Crippen LogP contribution in [0.4, 0.5) is 4.39 Å². The molecule has 1 aromatic heterocycles. The van der Waals surface area contributed by atoms with E-state index >= 15 is 0 Å². The molecular formula is C16H21BrFN3. The van der Waals surface area contributed by atoms with Crippen molar-refractivity contribution < 1.29 is 4.39 Å². The molecule has 0 amide bonds. The highest BCUT2D eigenvalue weighted by atomic mass is 79.9. The molecule has 0 aliphatic rings. The van der Waals surface area contributed by atoms with E-state index in [1.165, 1.54) is 6.07 Å². The van der Waals surface area contributed by atoms with Gasteiger partial charge < -0.3 is 5.73 Å². The molecule has 0 spiro atoms. The van der Waals surface area contributed by atoms with Crippen molar-refractivity contribution in [2.24, 2.45) is 5.73 Å². The smallest absolute Gasteiger partial charge is 0.128 e. The number of benzene rings is 1. The fourth-order valence-electron chi connectivity index (χ4n) is 2.46. The van der Waals surface area contributed by atoms with Gasteiger partial charge in [0.25, 0.3) is 0 Å². The summed E-state index contributed by atoms with van der Waals surface area (Å²) in [5, 5.41) is 4.55. The second kappa shape index (κ2) is 6.71. The summed E-state index contributed by atoms with van der Waals surface area (Å²) >= 11 is 3.60.